The highest BCUT2D eigenvalue weighted by atomic mass is 16.1. The number of hydrogen-bond donors (Lipinski definition) is 2. The minimum absolute atomic E-state index is 0.142. The normalized spacial score (nSPS) is 17.3. The van der Waals surface area contributed by atoms with Crippen LogP contribution in [0.5, 0.6) is 0 Å². The first-order valence-corrected chi connectivity index (χ1v) is 7.57. The Morgan fingerprint density at radius 1 is 1.38 bits per heavy atom. The molecule has 21 heavy (non-hydrogen) atoms. The van der Waals surface area contributed by atoms with Gasteiger partial charge in [-0.05, 0) is 37.3 Å². The third-order valence-electron chi connectivity index (χ3n) is 4.15. The molecule has 0 saturated carbocycles. The zero-order chi connectivity index (χ0) is 14.7. The maximum atomic E-state index is 12.1. The highest BCUT2D eigenvalue weighted by Crippen LogP contribution is 2.18. The fraction of sp³-hybridized carbons (Fsp3) is 0.412. The maximum Gasteiger partial charge on any atom is 0.220 e. The predicted molar refractivity (Wildman–Crippen MR) is 82.0 cm³/mol. The van der Waals surface area contributed by atoms with E-state index in [2.05, 4.69) is 46.7 Å². The van der Waals surface area contributed by atoms with Crippen molar-refractivity contribution in [2.24, 2.45) is 0 Å². The van der Waals surface area contributed by atoms with Crippen molar-refractivity contribution in [2.75, 3.05) is 0 Å². The van der Waals surface area contributed by atoms with Gasteiger partial charge in [0.15, 0.2) is 0 Å². The molecule has 4 heteroatoms. The number of rotatable bonds is 4. The van der Waals surface area contributed by atoms with E-state index in [1.54, 1.807) is 0 Å². The molecule has 1 unspecified atom stereocenters. The second kappa shape index (κ2) is 6.12. The van der Waals surface area contributed by atoms with Crippen LogP contribution in [0.3, 0.4) is 0 Å². The summed E-state index contributed by atoms with van der Waals surface area (Å²) in [5.41, 5.74) is 4.93. The molecule has 2 aromatic rings. The van der Waals surface area contributed by atoms with Crippen LogP contribution in [-0.4, -0.2) is 22.1 Å². The van der Waals surface area contributed by atoms with E-state index in [1.165, 1.54) is 22.4 Å². The molecule has 110 valence electrons. The number of hydrogen-bond acceptors (Lipinski definition) is 2. The first kappa shape index (κ1) is 13.9. The number of carbonyl (C=O) groups is 1. The van der Waals surface area contributed by atoms with Crippen molar-refractivity contribution in [2.45, 2.75) is 45.1 Å². The van der Waals surface area contributed by atoms with Crippen LogP contribution >= 0.6 is 0 Å². The standard InChI is InChI=1S/C17H21N3O/c1-12-2-4-13(5-3-12)6-9-17(21)19-15-8-7-14-11-18-20-16(14)10-15/h2-5,11,15H,6-10H2,1H3,(H,18,20)(H,19,21). The fourth-order valence-electron chi connectivity index (χ4n) is 2.84. The van der Waals surface area contributed by atoms with Gasteiger partial charge < -0.3 is 5.32 Å². The molecule has 1 atom stereocenters. The number of nitrogens with one attached hydrogen (secondary N) is 2. The first-order chi connectivity index (χ1) is 10.2. The van der Waals surface area contributed by atoms with Gasteiger partial charge in [-0.3, -0.25) is 9.89 Å². The molecule has 1 aliphatic rings. The molecule has 1 aromatic carbocycles. The minimum atomic E-state index is 0.142. The van der Waals surface area contributed by atoms with Gasteiger partial charge in [-0.25, -0.2) is 0 Å². The summed E-state index contributed by atoms with van der Waals surface area (Å²) in [5, 5.41) is 10.2. The molecule has 0 saturated heterocycles. The average molecular weight is 283 g/mol. The summed E-state index contributed by atoms with van der Waals surface area (Å²) in [5.74, 6) is 0.142. The highest BCUT2D eigenvalue weighted by Gasteiger charge is 2.21. The number of aryl methyl sites for hydroxylation is 3. The minimum Gasteiger partial charge on any atom is -0.353 e. The van der Waals surface area contributed by atoms with Crippen molar-refractivity contribution in [1.29, 1.82) is 0 Å². The molecule has 1 heterocycles. The van der Waals surface area contributed by atoms with Crippen LogP contribution in [-0.2, 0) is 24.1 Å². The lowest BCUT2D eigenvalue weighted by Gasteiger charge is -2.22. The Balaban J connectivity index is 1.47. The van der Waals surface area contributed by atoms with E-state index < -0.39 is 0 Å². The lowest BCUT2D eigenvalue weighted by molar-refractivity contribution is -0.121. The molecule has 0 fully saturated rings. The Hall–Kier alpha value is -2.10. The number of benzene rings is 1. The lowest BCUT2D eigenvalue weighted by Crippen LogP contribution is -2.38. The van der Waals surface area contributed by atoms with Crippen LogP contribution in [0, 0.1) is 6.92 Å². The van der Waals surface area contributed by atoms with Crippen molar-refractivity contribution in [3.63, 3.8) is 0 Å². The molecule has 4 nitrogen and oxygen atoms in total. The highest BCUT2D eigenvalue weighted by molar-refractivity contribution is 5.76. The van der Waals surface area contributed by atoms with Crippen LogP contribution in [0.25, 0.3) is 0 Å². The Morgan fingerprint density at radius 2 is 2.19 bits per heavy atom. The zero-order valence-corrected chi connectivity index (χ0v) is 12.4. The van der Waals surface area contributed by atoms with Gasteiger partial charge in [0.2, 0.25) is 5.91 Å². The molecule has 1 aliphatic carbocycles. The number of fused-ring (bicyclic) bond motifs is 1. The number of aromatic amines is 1. The molecule has 0 spiro atoms. The van der Waals surface area contributed by atoms with E-state index >= 15 is 0 Å². The van der Waals surface area contributed by atoms with Gasteiger partial charge >= 0.3 is 0 Å². The van der Waals surface area contributed by atoms with Crippen LogP contribution in [0.15, 0.2) is 30.5 Å². The third-order valence-corrected chi connectivity index (χ3v) is 4.15. The van der Waals surface area contributed by atoms with Gasteiger partial charge in [0.05, 0.1) is 6.20 Å². The summed E-state index contributed by atoms with van der Waals surface area (Å²) in [7, 11) is 0. The van der Waals surface area contributed by atoms with Crippen LogP contribution < -0.4 is 5.32 Å². The van der Waals surface area contributed by atoms with E-state index in [9.17, 15) is 4.79 Å². The van der Waals surface area contributed by atoms with E-state index in [-0.39, 0.29) is 11.9 Å². The number of nitrogens with zero attached hydrogens (tertiary/aromatic N) is 1. The monoisotopic (exact) mass is 283 g/mol. The molecular weight excluding hydrogens is 262 g/mol. The maximum absolute atomic E-state index is 12.1. The topological polar surface area (TPSA) is 57.8 Å². The van der Waals surface area contributed by atoms with Crippen LogP contribution in [0.4, 0.5) is 0 Å². The summed E-state index contributed by atoms with van der Waals surface area (Å²) < 4.78 is 0. The molecule has 2 N–H and O–H groups in total. The third kappa shape index (κ3) is 3.51. The summed E-state index contributed by atoms with van der Waals surface area (Å²) in [4.78, 5) is 12.1. The van der Waals surface area contributed by atoms with Gasteiger partial charge in [0.25, 0.3) is 0 Å². The SMILES string of the molecule is Cc1ccc(CCC(=O)NC2CCc3cn[nH]c3C2)cc1. The van der Waals surface area contributed by atoms with E-state index in [0.29, 0.717) is 6.42 Å². The van der Waals surface area contributed by atoms with Gasteiger partial charge in [0.1, 0.15) is 0 Å². The van der Waals surface area contributed by atoms with Crippen molar-refractivity contribution < 1.29 is 4.79 Å². The number of carbonyl (C=O) groups excluding carboxylic acids is 1. The van der Waals surface area contributed by atoms with Crippen molar-refractivity contribution >= 4 is 5.91 Å². The molecule has 3 rings (SSSR count). The fourth-order valence-corrected chi connectivity index (χ4v) is 2.84. The first-order valence-electron chi connectivity index (χ1n) is 7.57. The number of H-pyrrole nitrogens is 1. The smallest absolute Gasteiger partial charge is 0.220 e. The number of aromatic nitrogens is 2. The number of amides is 1. The Labute approximate surface area is 125 Å². The van der Waals surface area contributed by atoms with E-state index in [4.69, 9.17) is 0 Å². The van der Waals surface area contributed by atoms with Crippen molar-refractivity contribution in [3.05, 3.63) is 52.8 Å². The van der Waals surface area contributed by atoms with Gasteiger partial charge in [-0.1, -0.05) is 29.8 Å². The molecule has 0 bridgehead atoms. The van der Waals surface area contributed by atoms with Crippen molar-refractivity contribution in [1.82, 2.24) is 15.5 Å². The Bertz CT molecular complexity index is 615. The Kier molecular flexibility index (Phi) is 4.04. The van der Waals surface area contributed by atoms with Crippen LogP contribution in [0.2, 0.25) is 0 Å². The average Bonchev–Trinajstić information content (AvgIpc) is 2.94. The molecule has 0 aliphatic heterocycles. The van der Waals surface area contributed by atoms with Gasteiger partial charge in [0, 0.05) is 24.6 Å². The summed E-state index contributed by atoms with van der Waals surface area (Å²) in [6.45, 7) is 2.07. The molecular formula is C17H21N3O. The lowest BCUT2D eigenvalue weighted by atomic mass is 9.93. The van der Waals surface area contributed by atoms with Gasteiger partial charge in [-0.2, -0.15) is 5.10 Å². The Morgan fingerprint density at radius 3 is 3.00 bits per heavy atom. The molecule has 1 amide bonds. The summed E-state index contributed by atoms with van der Waals surface area (Å²) in [6, 6.07) is 8.62. The second-order valence-corrected chi connectivity index (χ2v) is 5.87. The van der Waals surface area contributed by atoms with Gasteiger partial charge in [-0.15, -0.1) is 0 Å². The second-order valence-electron chi connectivity index (χ2n) is 5.87. The largest absolute Gasteiger partial charge is 0.353 e. The summed E-state index contributed by atoms with van der Waals surface area (Å²) in [6.07, 6.45) is 6.11. The molecule has 0 radical (unpaired) electrons. The summed E-state index contributed by atoms with van der Waals surface area (Å²) >= 11 is 0. The van der Waals surface area contributed by atoms with Crippen LogP contribution in [0.1, 0.15) is 35.2 Å². The van der Waals surface area contributed by atoms with E-state index in [0.717, 1.165) is 25.7 Å². The van der Waals surface area contributed by atoms with Crippen molar-refractivity contribution in [3.8, 4) is 0 Å². The predicted octanol–water partition coefficient (Wildman–Crippen LogP) is 2.32. The van der Waals surface area contributed by atoms with E-state index in [1.807, 2.05) is 6.20 Å². The zero-order valence-electron chi connectivity index (χ0n) is 12.4. The quantitative estimate of drug-likeness (QED) is 0.904. The molecule has 1 aromatic heterocycles.